The van der Waals surface area contributed by atoms with E-state index in [4.69, 9.17) is 28.9 Å². The molecule has 0 unspecified atom stereocenters. The number of fused-ring (bicyclic) bond motifs is 2. The normalized spacial score (nSPS) is 17.1. The van der Waals surface area contributed by atoms with Crippen LogP contribution in [-0.2, 0) is 65.2 Å². The Hall–Kier alpha value is -11.3. The lowest BCUT2D eigenvalue weighted by Gasteiger charge is -2.45. The fourth-order valence-electron chi connectivity index (χ4n) is 14.8. The lowest BCUT2D eigenvalue weighted by molar-refractivity contribution is -0.142. The van der Waals surface area contributed by atoms with E-state index in [0.29, 0.717) is 63.7 Å². The molecule has 8 aromatic rings. The fourth-order valence-corrected chi connectivity index (χ4v) is 16.9. The number of amides is 8. The SMILES string of the molecule is COc1ccc(C#CCNC2(C)CCN(C3CCN(c4nc([C@@](CO)(OC5CC5)c5ccccc5)c5cc(-c6cn(C)c(=O)c7[nH]ccc67)ccc5n4)CC3)CC2)cc1N1CCC(=O)N(CNC(=O)[C@H](CC(=O)O)NC(=O)[C@@H](CCC(=O)O)NC(=O)CCOCCOCCN2C(=O)C(Sc3ccccc3)=C(Sc3ccccc3)C2=O)C1=O. The number of anilines is 2. The molecular weight excluding hydrogens is 1540 g/mol. The zero-order valence-corrected chi connectivity index (χ0v) is 66.7. The van der Waals surface area contributed by atoms with E-state index in [2.05, 4.69) is 60.9 Å². The van der Waals surface area contributed by atoms with Gasteiger partial charge in [0.15, 0.2) is 5.60 Å². The number of imide groups is 2. The summed E-state index contributed by atoms with van der Waals surface area (Å²) in [6, 6.07) is 37.4. The van der Waals surface area contributed by atoms with Gasteiger partial charge in [-0.25, -0.2) is 19.7 Å². The molecule has 8 amide bonds. The number of H-pyrrole nitrogens is 1. The van der Waals surface area contributed by atoms with E-state index in [0.717, 1.165) is 98.7 Å². The summed E-state index contributed by atoms with van der Waals surface area (Å²) in [4.78, 5) is 156. The quantitative estimate of drug-likeness (QED) is 0.0107. The maximum atomic E-state index is 14.3. The molecular formula is C85H93N13O17S2. The maximum Gasteiger partial charge on any atom is 0.332 e. The average molecular weight is 1630 g/mol. The van der Waals surface area contributed by atoms with Crippen LogP contribution in [0.5, 0.6) is 5.75 Å². The highest BCUT2D eigenvalue weighted by Crippen LogP contribution is 2.45. The molecule has 3 atom stereocenters. The highest BCUT2D eigenvalue weighted by Gasteiger charge is 2.45. The molecule has 30 nitrogen and oxygen atoms in total. The van der Waals surface area contributed by atoms with Crippen molar-refractivity contribution in [2.24, 2.45) is 7.05 Å². The molecule has 13 rings (SSSR count). The number of urea groups is 1. The topological polar surface area (TPSA) is 379 Å². The van der Waals surface area contributed by atoms with E-state index in [1.165, 1.54) is 35.5 Å². The first kappa shape index (κ1) is 83.7. The van der Waals surface area contributed by atoms with Crippen molar-refractivity contribution in [1.29, 1.82) is 0 Å². The molecule has 5 aromatic carbocycles. The second-order valence-electron chi connectivity index (χ2n) is 29.5. The van der Waals surface area contributed by atoms with Crippen LogP contribution in [0.3, 0.4) is 0 Å². The predicted molar refractivity (Wildman–Crippen MR) is 438 cm³/mol. The number of hydrogen-bond donors (Lipinski definition) is 8. The number of thioether (sulfide) groups is 2. The Balaban J connectivity index is 0.568. The van der Waals surface area contributed by atoms with Crippen molar-refractivity contribution in [2.45, 2.75) is 123 Å². The number of carbonyl (C=O) groups is 9. The van der Waals surface area contributed by atoms with Crippen molar-refractivity contribution in [3.05, 3.63) is 183 Å². The van der Waals surface area contributed by atoms with E-state index >= 15 is 0 Å². The number of likely N-dealkylation sites (tertiary alicyclic amines) is 1. The number of aromatic nitrogens is 4. The smallest absolute Gasteiger partial charge is 0.332 e. The predicted octanol–water partition coefficient (Wildman–Crippen LogP) is 7.49. The van der Waals surface area contributed by atoms with Gasteiger partial charge in [0.05, 0.1) is 92.5 Å². The van der Waals surface area contributed by atoms with Gasteiger partial charge in [-0.05, 0) is 124 Å². The number of nitrogens with zero attached hydrogens (tertiary/aromatic N) is 8. The number of aliphatic carboxylic acids is 2. The summed E-state index contributed by atoms with van der Waals surface area (Å²) in [5.74, 6) is -0.0377. The Labute approximate surface area is 683 Å². The van der Waals surface area contributed by atoms with Gasteiger partial charge in [-0.3, -0.25) is 53.0 Å². The molecule has 0 spiro atoms. The molecule has 1 aliphatic carbocycles. The van der Waals surface area contributed by atoms with Gasteiger partial charge in [-0.15, -0.1) is 0 Å². The van der Waals surface area contributed by atoms with Crippen molar-refractivity contribution < 1.29 is 77.4 Å². The second kappa shape index (κ2) is 38.2. The number of pyridine rings is 1. The first-order valence-electron chi connectivity index (χ1n) is 39.0. The largest absolute Gasteiger partial charge is 0.495 e. The van der Waals surface area contributed by atoms with Gasteiger partial charge in [0.25, 0.3) is 17.4 Å². The Morgan fingerprint density at radius 1 is 0.718 bits per heavy atom. The third kappa shape index (κ3) is 20.2. The highest BCUT2D eigenvalue weighted by molar-refractivity contribution is 8.08. The van der Waals surface area contributed by atoms with E-state index < -0.39 is 97.0 Å². The summed E-state index contributed by atoms with van der Waals surface area (Å²) in [7, 11) is 3.16. The van der Waals surface area contributed by atoms with Gasteiger partial charge < -0.3 is 74.9 Å². The number of nitrogens with one attached hydrogen (secondary N) is 5. The van der Waals surface area contributed by atoms with Crippen LogP contribution in [0.2, 0.25) is 0 Å². The van der Waals surface area contributed by atoms with Gasteiger partial charge >= 0.3 is 18.0 Å². The molecule has 117 heavy (non-hydrogen) atoms. The van der Waals surface area contributed by atoms with Crippen LogP contribution in [0.25, 0.3) is 32.9 Å². The van der Waals surface area contributed by atoms with Crippen molar-refractivity contribution in [2.75, 3.05) is 102 Å². The number of aryl methyl sites for hydroxylation is 1. The standard InChI is InChI=1S/C85H93N13O17S2/c1-84(34-41-94(42-35-84)57-30-38-95(39-31-57)82-91-64-25-22-55(63-51-93(2)79(108)73-61(63)29-37-86-73)49-62(64)76(92-82)85(52-99,115-58-23-24-58)56-15-7-4-8-16-56)88-36-13-14-54-21-27-68(112-3)67(48-54)96-40-32-70(101)98(83(96)111)53-87-77(106)66(50-72(104)105)90-78(107)65(26-28-71(102)103)89-69(100)33-44-113-46-47-114-45-43-97-80(109)74(116-59-17-9-5-10-18-59)75(81(97)110)117-60-19-11-6-12-20-60/h4-12,15-22,25,27,29,37,48-49,51,57-58,65-66,86,88,99H,23-24,26,28,30-36,38-47,50,52-53H2,1-3H3,(H,87,106)(H,89,100)(H,90,107)(H,102,103)(H,104,105)/t65-,66+,85+/m1/s1. The van der Waals surface area contributed by atoms with Crippen molar-refractivity contribution >= 4 is 110 Å². The second-order valence-corrected chi connectivity index (χ2v) is 31.7. The molecule has 1 saturated carbocycles. The first-order chi connectivity index (χ1) is 56.6. The summed E-state index contributed by atoms with van der Waals surface area (Å²) in [5.41, 5.74) is 3.52. The molecule has 0 radical (unpaired) electrons. The van der Waals surface area contributed by atoms with Crippen LogP contribution < -0.4 is 41.4 Å². The summed E-state index contributed by atoms with van der Waals surface area (Å²) in [6.07, 6.45) is 6.30. The molecule has 612 valence electrons. The average Bonchev–Trinajstić information content (AvgIpc) is 1.53. The summed E-state index contributed by atoms with van der Waals surface area (Å²) >= 11 is 2.42. The van der Waals surface area contributed by atoms with Crippen LogP contribution in [0.15, 0.2) is 170 Å². The number of methoxy groups -OCH3 is 1. The van der Waals surface area contributed by atoms with E-state index in [1.54, 1.807) is 36.0 Å². The van der Waals surface area contributed by atoms with E-state index in [-0.39, 0.29) is 87.6 Å². The minimum absolute atomic E-state index is 0.0103. The van der Waals surface area contributed by atoms with Crippen molar-refractivity contribution in [3.8, 4) is 28.7 Å². The number of aromatic amines is 1. The molecule has 4 fully saturated rings. The van der Waals surface area contributed by atoms with Crippen LogP contribution >= 0.6 is 23.5 Å². The summed E-state index contributed by atoms with van der Waals surface area (Å²) in [6.45, 7) is 4.36. The number of piperidine rings is 2. The fraction of sp³-hybridized carbons (Fsp3) is 0.388. The Kier molecular flexibility index (Phi) is 27.3. The number of benzene rings is 5. The maximum absolute atomic E-state index is 14.3. The lowest BCUT2D eigenvalue weighted by Crippen LogP contribution is -2.58. The number of ether oxygens (including phenoxy) is 4. The van der Waals surface area contributed by atoms with Crippen LogP contribution in [0.1, 0.15) is 94.4 Å². The number of carboxylic acids is 2. The number of aliphatic hydroxyl groups is 1. The monoisotopic (exact) mass is 1630 g/mol. The highest BCUT2D eigenvalue weighted by atomic mass is 32.2. The number of carbonyl (C=O) groups excluding carboxylic acids is 7. The van der Waals surface area contributed by atoms with E-state index in [1.807, 2.05) is 115 Å². The van der Waals surface area contributed by atoms with Gasteiger partial charge in [-0.1, -0.05) is 108 Å². The number of carboxylic acid groups (broad SMARTS) is 2. The van der Waals surface area contributed by atoms with Crippen LogP contribution in [-0.4, -0.2) is 225 Å². The molecule has 4 aliphatic heterocycles. The van der Waals surface area contributed by atoms with Crippen LogP contribution in [0, 0.1) is 11.8 Å². The Morgan fingerprint density at radius 2 is 1.39 bits per heavy atom. The van der Waals surface area contributed by atoms with Crippen LogP contribution in [0.4, 0.5) is 16.4 Å². The zero-order chi connectivity index (χ0) is 82.3. The zero-order valence-electron chi connectivity index (χ0n) is 65.1. The van der Waals surface area contributed by atoms with Crippen molar-refractivity contribution in [3.63, 3.8) is 0 Å². The van der Waals surface area contributed by atoms with Crippen molar-refractivity contribution in [1.82, 2.24) is 55.5 Å². The number of hydrogen-bond acceptors (Lipinski definition) is 22. The molecule has 32 heteroatoms. The van der Waals surface area contributed by atoms with Gasteiger partial charge in [0, 0.05) is 115 Å². The molecule has 3 saturated heterocycles. The Bertz CT molecular complexity index is 5110. The third-order valence-electron chi connectivity index (χ3n) is 21.4. The number of rotatable bonds is 36. The lowest BCUT2D eigenvalue weighted by atomic mass is 9.87. The van der Waals surface area contributed by atoms with Gasteiger partial charge in [-0.2, -0.15) is 0 Å². The minimum Gasteiger partial charge on any atom is -0.495 e. The van der Waals surface area contributed by atoms with Gasteiger partial charge in [0.1, 0.15) is 30.0 Å². The molecule has 8 N–H and O–H groups in total. The van der Waals surface area contributed by atoms with Gasteiger partial charge in [0.2, 0.25) is 29.6 Å². The molecule has 3 aromatic heterocycles. The molecule has 5 aliphatic rings. The van der Waals surface area contributed by atoms with E-state index in [9.17, 15) is 63.3 Å². The number of aliphatic hydroxyl groups excluding tert-OH is 1. The Morgan fingerprint density at radius 3 is 2.04 bits per heavy atom. The summed E-state index contributed by atoms with van der Waals surface area (Å²) in [5, 5.41) is 43.3. The third-order valence-corrected chi connectivity index (χ3v) is 23.8. The molecule has 7 heterocycles. The minimum atomic E-state index is -1.83. The molecule has 0 bridgehead atoms. The summed E-state index contributed by atoms with van der Waals surface area (Å²) < 4.78 is 25.4. The first-order valence-corrected chi connectivity index (χ1v) is 40.6.